The summed E-state index contributed by atoms with van der Waals surface area (Å²) in [6, 6.07) is 0. The van der Waals surface area contributed by atoms with Crippen LogP contribution in [0.1, 0.15) is 62.3 Å². The zero-order valence-electron chi connectivity index (χ0n) is 13.5. The van der Waals surface area contributed by atoms with Gasteiger partial charge in [-0.05, 0) is 25.7 Å². The average molecular weight is 274 g/mol. The summed E-state index contributed by atoms with van der Waals surface area (Å²) in [5.41, 5.74) is 3.34. The fourth-order valence-electron chi connectivity index (χ4n) is 2.58. The van der Waals surface area contributed by atoms with Gasteiger partial charge in [-0.1, -0.05) is 51.7 Å². The summed E-state index contributed by atoms with van der Waals surface area (Å²) in [6.45, 7) is 11.1. The Bertz CT molecular complexity index is 309. The maximum Gasteiger partial charge on any atom is 1.00 e. The number of aryl methyl sites for hydroxylation is 2. The third kappa shape index (κ3) is 5.69. The SMILES string of the molecule is C1CCOC1.CCc1[p-]c(CC)c(CC)c1CC.[Li+]. The minimum atomic E-state index is 0. The fraction of sp³-hybridized carbons (Fsp3) is 0.750. The molecule has 1 saturated heterocycles. The van der Waals surface area contributed by atoms with E-state index in [0.29, 0.717) is 0 Å². The van der Waals surface area contributed by atoms with Crippen LogP contribution in [-0.4, -0.2) is 13.2 Å². The Labute approximate surface area is 133 Å². The minimum Gasteiger partial charge on any atom is -0.524 e. The molecule has 2 rings (SSSR count). The first-order valence-electron chi connectivity index (χ1n) is 7.52. The molecule has 3 heteroatoms. The van der Waals surface area contributed by atoms with E-state index in [0.717, 1.165) is 13.2 Å². The number of rotatable bonds is 4. The Morgan fingerprint density at radius 1 is 0.789 bits per heavy atom. The summed E-state index contributed by atoms with van der Waals surface area (Å²) in [4.78, 5) is 0. The Morgan fingerprint density at radius 2 is 1.21 bits per heavy atom. The van der Waals surface area contributed by atoms with Crippen molar-refractivity contribution in [1.29, 1.82) is 0 Å². The van der Waals surface area contributed by atoms with E-state index in [4.69, 9.17) is 4.74 Å². The molecule has 0 spiro atoms. The molecule has 0 bridgehead atoms. The van der Waals surface area contributed by atoms with Crippen LogP contribution in [0.25, 0.3) is 0 Å². The largest absolute Gasteiger partial charge is 1.00 e. The topological polar surface area (TPSA) is 9.23 Å². The molecule has 19 heavy (non-hydrogen) atoms. The number of hydrogen-bond donors (Lipinski definition) is 0. The normalized spacial score (nSPS) is 13.7. The van der Waals surface area contributed by atoms with Crippen LogP contribution >= 0.6 is 8.19 Å². The molecule has 104 valence electrons. The Balaban J connectivity index is 0.000000454. The van der Waals surface area contributed by atoms with Gasteiger partial charge in [-0.2, -0.15) is 0 Å². The Kier molecular flexibility index (Phi) is 11.2. The van der Waals surface area contributed by atoms with Gasteiger partial charge in [0.2, 0.25) is 0 Å². The van der Waals surface area contributed by atoms with Gasteiger partial charge in [0.25, 0.3) is 0 Å². The summed E-state index contributed by atoms with van der Waals surface area (Å²) in [7, 11) is 1.53. The van der Waals surface area contributed by atoms with Crippen LogP contribution in [0, 0.1) is 0 Å². The predicted molar refractivity (Wildman–Crippen MR) is 82.1 cm³/mol. The molecule has 1 fully saturated rings. The van der Waals surface area contributed by atoms with Crippen molar-refractivity contribution >= 4 is 8.19 Å². The first-order valence-corrected chi connectivity index (χ1v) is 8.41. The zero-order valence-corrected chi connectivity index (χ0v) is 14.4. The predicted octanol–water partition coefficient (Wildman–Crippen LogP) is 2.04. The Hall–Kier alpha value is 0.337. The molecule has 1 aromatic heterocycles. The fourth-order valence-corrected chi connectivity index (χ4v) is 4.07. The van der Waals surface area contributed by atoms with E-state index >= 15 is 0 Å². The second-order valence-electron chi connectivity index (χ2n) is 4.70. The van der Waals surface area contributed by atoms with Crippen LogP contribution in [0.15, 0.2) is 0 Å². The molecule has 1 aliphatic rings. The van der Waals surface area contributed by atoms with Gasteiger partial charge in [-0.15, -0.1) is 0 Å². The zero-order chi connectivity index (χ0) is 13.4. The van der Waals surface area contributed by atoms with Crippen LogP contribution in [-0.2, 0) is 30.4 Å². The van der Waals surface area contributed by atoms with Crippen molar-refractivity contribution in [3.63, 3.8) is 0 Å². The van der Waals surface area contributed by atoms with Crippen molar-refractivity contribution in [3.8, 4) is 0 Å². The van der Waals surface area contributed by atoms with Crippen LogP contribution in [0.3, 0.4) is 0 Å². The molecular formula is C16H28LiOP. The second-order valence-corrected chi connectivity index (χ2v) is 6.00. The molecule has 0 saturated carbocycles. The van der Waals surface area contributed by atoms with Gasteiger partial charge in [0.15, 0.2) is 0 Å². The monoisotopic (exact) mass is 274 g/mol. The molecule has 0 amide bonds. The van der Waals surface area contributed by atoms with Crippen molar-refractivity contribution in [3.05, 3.63) is 21.7 Å². The average Bonchev–Trinajstić information content (AvgIpc) is 3.08. The van der Waals surface area contributed by atoms with Crippen LogP contribution in [0.4, 0.5) is 0 Å². The van der Waals surface area contributed by atoms with Crippen molar-refractivity contribution in [2.24, 2.45) is 0 Å². The number of hydrogen-bond acceptors (Lipinski definition) is 1. The van der Waals surface area contributed by atoms with Crippen LogP contribution in [0.2, 0.25) is 0 Å². The Morgan fingerprint density at radius 3 is 1.42 bits per heavy atom. The van der Waals surface area contributed by atoms with Gasteiger partial charge >= 0.3 is 18.9 Å². The van der Waals surface area contributed by atoms with Crippen molar-refractivity contribution in [2.45, 2.75) is 66.2 Å². The van der Waals surface area contributed by atoms with Crippen molar-refractivity contribution < 1.29 is 23.6 Å². The third-order valence-electron chi connectivity index (χ3n) is 3.54. The molecule has 0 N–H and O–H groups in total. The van der Waals surface area contributed by atoms with E-state index in [1.807, 2.05) is 0 Å². The molecule has 1 aliphatic heterocycles. The summed E-state index contributed by atoms with van der Waals surface area (Å²) in [6.07, 6.45) is 7.47. The van der Waals surface area contributed by atoms with Crippen LogP contribution < -0.4 is 18.9 Å². The molecule has 0 radical (unpaired) electrons. The molecule has 1 aromatic rings. The molecule has 0 atom stereocenters. The standard InChI is InChI=1S/C12H20P.C4H8O.Li/c1-5-9-10(6-2)12(8-4)13-11(9)7-3;1-2-4-5-3-1;/h5-8H2,1-4H3;1-4H2;/q-1;;+1. The van der Waals surface area contributed by atoms with E-state index in [1.165, 1.54) is 46.7 Å². The third-order valence-corrected chi connectivity index (χ3v) is 5.25. The first-order chi connectivity index (χ1) is 8.78. The van der Waals surface area contributed by atoms with Gasteiger partial charge in [0.1, 0.15) is 0 Å². The molecule has 0 aliphatic carbocycles. The summed E-state index contributed by atoms with van der Waals surface area (Å²) >= 11 is 0. The van der Waals surface area contributed by atoms with Gasteiger partial charge in [-0.3, -0.25) is 0 Å². The van der Waals surface area contributed by atoms with E-state index in [1.54, 1.807) is 21.7 Å². The van der Waals surface area contributed by atoms with E-state index in [-0.39, 0.29) is 18.9 Å². The first kappa shape index (κ1) is 19.3. The second kappa shape index (κ2) is 11.0. The molecule has 0 unspecified atom stereocenters. The van der Waals surface area contributed by atoms with Crippen molar-refractivity contribution in [2.75, 3.05) is 13.2 Å². The van der Waals surface area contributed by atoms with Crippen molar-refractivity contribution in [1.82, 2.24) is 0 Å². The van der Waals surface area contributed by atoms with Gasteiger partial charge in [0, 0.05) is 13.2 Å². The van der Waals surface area contributed by atoms with Gasteiger partial charge < -0.3 is 12.9 Å². The van der Waals surface area contributed by atoms with Gasteiger partial charge in [-0.25, -0.2) is 10.6 Å². The van der Waals surface area contributed by atoms with Crippen LogP contribution in [0.5, 0.6) is 0 Å². The van der Waals surface area contributed by atoms with E-state index in [9.17, 15) is 0 Å². The molecular weight excluding hydrogens is 246 g/mol. The van der Waals surface area contributed by atoms with E-state index < -0.39 is 0 Å². The molecule has 1 nitrogen and oxygen atoms in total. The minimum absolute atomic E-state index is 0. The summed E-state index contributed by atoms with van der Waals surface area (Å²) in [5.74, 6) is 0. The van der Waals surface area contributed by atoms with Gasteiger partial charge in [0.05, 0.1) is 0 Å². The summed E-state index contributed by atoms with van der Waals surface area (Å²) in [5, 5.41) is 3.35. The maximum atomic E-state index is 4.94. The number of ether oxygens (including phenoxy) is 1. The quantitative estimate of drug-likeness (QED) is 0.763. The molecule has 0 aromatic carbocycles. The van der Waals surface area contributed by atoms with E-state index in [2.05, 4.69) is 27.7 Å². The summed E-state index contributed by atoms with van der Waals surface area (Å²) < 4.78 is 4.94. The maximum absolute atomic E-state index is 4.94. The molecule has 2 heterocycles. The smallest absolute Gasteiger partial charge is 0.524 e.